The molecule has 0 aromatic heterocycles. The Hall–Kier alpha value is -8.70. The van der Waals surface area contributed by atoms with Gasteiger partial charge in [0.25, 0.3) is 0 Å². The molecule has 27 heteroatoms. The molecule has 0 aliphatic rings. The Morgan fingerprint density at radius 1 is 0.412 bits per heavy atom. The van der Waals surface area contributed by atoms with Gasteiger partial charge in [0, 0.05) is 22.3 Å². The topological polar surface area (TPSA) is 496 Å². The molecule has 26 nitrogen and oxygen atoms in total. The van der Waals surface area contributed by atoms with Crippen molar-refractivity contribution in [3.63, 3.8) is 0 Å². The Morgan fingerprint density at radius 2 is 0.676 bits per heavy atom. The summed E-state index contributed by atoms with van der Waals surface area (Å²) in [6.07, 6.45) is -3.72. The first-order chi connectivity index (χ1) is 31.0. The molecule has 68 heavy (non-hydrogen) atoms. The van der Waals surface area contributed by atoms with Crippen molar-refractivity contribution in [2.45, 2.75) is 22.9 Å². The van der Waals surface area contributed by atoms with Gasteiger partial charge in [0.15, 0.2) is 91.8 Å². The molecule has 0 bridgehead atoms. The van der Waals surface area contributed by atoms with Crippen LogP contribution in [0.4, 0.5) is 0 Å². The molecule has 0 heterocycles. The van der Waals surface area contributed by atoms with Crippen molar-refractivity contribution in [1.29, 1.82) is 0 Å². The number of rotatable bonds is 15. The van der Waals surface area contributed by atoms with Crippen LogP contribution in [-0.2, 0) is 9.53 Å². The molecule has 5 aromatic carbocycles. The third kappa shape index (κ3) is 8.26. The van der Waals surface area contributed by atoms with Gasteiger partial charge in [-0.05, 0) is 60.7 Å². The second kappa shape index (κ2) is 18.3. The van der Waals surface area contributed by atoms with Crippen LogP contribution < -0.4 is 0 Å². The van der Waals surface area contributed by atoms with E-state index >= 15 is 4.79 Å². The Bertz CT molecular complexity index is 2850. The maximum absolute atomic E-state index is 15.1. The monoisotopic (exact) mass is 1020 g/mol. The fourth-order valence-corrected chi connectivity index (χ4v) is 6.56. The molecule has 4 unspecified atom stereocenters. The first kappa shape index (κ1) is 51.9. The van der Waals surface area contributed by atoms with E-state index in [0.29, 0.717) is 12.1 Å². The van der Waals surface area contributed by atoms with E-state index in [1.54, 1.807) is 0 Å². The predicted molar refractivity (Wildman–Crippen MR) is 222 cm³/mol. The van der Waals surface area contributed by atoms with Crippen LogP contribution in [0.1, 0.15) is 51.8 Å². The van der Waals surface area contributed by atoms with E-state index in [1.165, 1.54) is 0 Å². The number of aromatic hydroxyl groups is 15. The van der Waals surface area contributed by atoms with Crippen molar-refractivity contribution in [1.82, 2.24) is 0 Å². The molecular weight excluding hydrogens is 981 g/mol. The van der Waals surface area contributed by atoms with E-state index < -0.39 is 178 Å². The molecule has 0 amide bonds. The normalized spacial score (nSPS) is 14.2. The van der Waals surface area contributed by atoms with E-state index in [0.717, 1.165) is 0 Å². The zero-order valence-electron chi connectivity index (χ0n) is 32.9. The summed E-state index contributed by atoms with van der Waals surface area (Å²) in [6.45, 7) is -2.09. The molecule has 19 N–H and O–H groups in total. The van der Waals surface area contributed by atoms with Crippen LogP contribution in [-0.4, -0.2) is 179 Å². The number of carbonyl (C=O) groups excluding carboxylic acids is 6. The van der Waals surface area contributed by atoms with Crippen molar-refractivity contribution in [3.05, 3.63) is 88.5 Å². The fraction of sp³-hybridized carbons (Fsp3) is 0.122. The number of ketones is 5. The Morgan fingerprint density at radius 3 is 1.00 bits per heavy atom. The molecule has 0 saturated heterocycles. The number of hydrogen-bond donors (Lipinski definition) is 19. The molecule has 0 spiro atoms. The summed E-state index contributed by atoms with van der Waals surface area (Å²) in [6, 6.07) is 1.39. The van der Waals surface area contributed by atoms with Crippen molar-refractivity contribution in [2.24, 2.45) is 0 Å². The number of esters is 1. The average Bonchev–Trinajstić information content (AvgIpc) is 3.28. The summed E-state index contributed by atoms with van der Waals surface area (Å²) < 4.78 is 4.82. The zero-order valence-corrected chi connectivity index (χ0v) is 32.9. The predicted octanol–water partition coefficient (Wildman–Crippen LogP) is -2.37. The van der Waals surface area contributed by atoms with Crippen LogP contribution >= 0.6 is 0 Å². The number of aliphatic hydroxyl groups is 4. The van der Waals surface area contributed by atoms with Crippen LogP contribution in [0.15, 0.2) is 60.7 Å². The molecule has 0 aliphatic carbocycles. The number of phenols is 15. The second-order valence-electron chi connectivity index (χ2n) is 14.3. The number of aliphatic hydroxyl groups excluding tert-OH is 1. The first-order valence-corrected chi connectivity index (χ1v) is 18.0. The van der Waals surface area contributed by atoms with Gasteiger partial charge in [-0.25, -0.2) is 4.79 Å². The minimum absolute atomic E-state index is 0. The van der Waals surface area contributed by atoms with Gasteiger partial charge >= 0.3 is 23.6 Å². The molecule has 360 valence electrons. The molecule has 0 saturated carbocycles. The summed E-state index contributed by atoms with van der Waals surface area (Å²) in [4.78, 5) is 86.8. The summed E-state index contributed by atoms with van der Waals surface area (Å²) in [7, 11) is 0. The van der Waals surface area contributed by atoms with Gasteiger partial charge in [-0.1, -0.05) is 0 Å². The van der Waals surface area contributed by atoms with E-state index in [4.69, 9.17) is 4.74 Å². The van der Waals surface area contributed by atoms with Gasteiger partial charge in [-0.2, -0.15) is 0 Å². The first-order valence-electron chi connectivity index (χ1n) is 18.0. The zero-order chi connectivity index (χ0) is 50.6. The van der Waals surface area contributed by atoms with E-state index in [9.17, 15) is 121 Å². The number of ether oxygens (including phenoxy) is 1. The number of phenolic OH excluding ortho intramolecular Hbond substituents is 15. The van der Waals surface area contributed by atoms with E-state index in [2.05, 4.69) is 0 Å². The summed E-state index contributed by atoms with van der Waals surface area (Å²) in [5.74, 6) is -36.9. The maximum atomic E-state index is 15.1. The number of Topliss-reactive ketones (excluding diaryl/α,β-unsaturated/α-hetero) is 5. The third-order valence-corrected chi connectivity index (χ3v) is 10.1. The average molecular weight is 1020 g/mol. The van der Waals surface area contributed by atoms with Crippen LogP contribution in [0.25, 0.3) is 0 Å². The fourth-order valence-electron chi connectivity index (χ4n) is 6.56. The number of benzene rings is 5. The molecule has 0 aliphatic heterocycles. The van der Waals surface area contributed by atoms with E-state index in [1.807, 2.05) is 0 Å². The van der Waals surface area contributed by atoms with Gasteiger partial charge < -0.3 is 102 Å². The summed E-state index contributed by atoms with van der Waals surface area (Å²) in [5.41, 5.74) is -23.3. The van der Waals surface area contributed by atoms with Gasteiger partial charge in [0.05, 0.1) is 5.56 Å². The molecule has 5 rings (SSSR count). The van der Waals surface area contributed by atoms with Crippen LogP contribution in [0, 0.1) is 0 Å². The minimum atomic E-state index is -5.54. The standard InChI is InChI=1S/C41H32O26.GeH4/c42-17-1-12(2-18(43)29(17)54)28(53)37(62)40(65,35(60)14-5-21(46)31(56)22(47)6-14)41(66,36(61)15-7-23(48)32(57)24(49)8-15)39(64,34(59)13-3-19(44)30(55)20(45)4-13)27(52)11-67-38(63)16-9-25(50)33(58)26(51)10-16;/h1-10,27,42-52,54-58,64-66H,11H2;1H4. The quantitative estimate of drug-likeness (QED) is 0.0130. The molecule has 4 atom stereocenters. The van der Waals surface area contributed by atoms with Crippen LogP contribution in [0.5, 0.6) is 86.2 Å². The van der Waals surface area contributed by atoms with Gasteiger partial charge in [-0.3, -0.25) is 24.0 Å². The Kier molecular flexibility index (Phi) is 14.0. The van der Waals surface area contributed by atoms with Crippen molar-refractivity contribution < 1.29 is 131 Å². The molecule has 0 radical (unpaired) electrons. The number of carbonyl (C=O) groups is 6. The summed E-state index contributed by atoms with van der Waals surface area (Å²) >= 11 is 0. The SMILES string of the molecule is O=C(OCC(O)C(O)(C(=O)c1cc(O)c(O)c(O)c1)C(O)(C(=O)c1cc(O)c(O)c(O)c1)C(O)(C(=O)C(=O)c1cc(O)c(O)c(O)c1)C(=O)c1cc(O)c(O)c(O)c1)c1cc(O)c(O)c(O)c1.[GeH4]. The van der Waals surface area contributed by atoms with Gasteiger partial charge in [0.1, 0.15) is 12.7 Å². The number of hydrogen-bond acceptors (Lipinski definition) is 26. The van der Waals surface area contributed by atoms with Crippen molar-refractivity contribution in [3.8, 4) is 86.2 Å². The van der Waals surface area contributed by atoms with Crippen LogP contribution in [0.3, 0.4) is 0 Å². The third-order valence-electron chi connectivity index (χ3n) is 10.1. The summed E-state index contributed by atoms with van der Waals surface area (Å²) in [5, 5.41) is 202. The molecular formula is C41H36GeO26. The van der Waals surface area contributed by atoms with Gasteiger partial charge in [0.2, 0.25) is 40.1 Å². The molecule has 0 fully saturated rings. The Balaban J connectivity index is 0.0000101. The molecule has 5 aromatic rings. The Labute approximate surface area is 386 Å². The van der Waals surface area contributed by atoms with Gasteiger partial charge in [-0.15, -0.1) is 0 Å². The van der Waals surface area contributed by atoms with E-state index in [-0.39, 0.29) is 66.1 Å². The van der Waals surface area contributed by atoms with Crippen LogP contribution in [0.2, 0.25) is 0 Å². The second-order valence-corrected chi connectivity index (χ2v) is 14.3. The van der Waals surface area contributed by atoms with Crippen molar-refractivity contribution in [2.75, 3.05) is 6.61 Å². The van der Waals surface area contributed by atoms with Crippen molar-refractivity contribution >= 4 is 52.5 Å².